The normalized spacial score (nSPS) is 11.1. The van der Waals surface area contributed by atoms with Crippen LogP contribution >= 0.6 is 27.5 Å². The molecule has 5 nitrogen and oxygen atoms in total. The van der Waals surface area contributed by atoms with Crippen LogP contribution in [0.25, 0.3) is 0 Å². The van der Waals surface area contributed by atoms with E-state index in [0.717, 1.165) is 10.0 Å². The van der Waals surface area contributed by atoms with Gasteiger partial charge in [-0.05, 0) is 61.0 Å². The number of hydrogen-bond acceptors (Lipinski definition) is 3. The van der Waals surface area contributed by atoms with Gasteiger partial charge in [0.25, 0.3) is 15.9 Å². The predicted octanol–water partition coefficient (Wildman–Crippen LogP) is 5.46. The summed E-state index contributed by atoms with van der Waals surface area (Å²) in [6, 6.07) is 18.2. The highest BCUT2D eigenvalue weighted by Crippen LogP contribution is 2.26. The average molecular weight is 480 g/mol. The topological polar surface area (TPSA) is 75.3 Å². The molecule has 3 aromatic rings. The van der Waals surface area contributed by atoms with Crippen molar-refractivity contribution in [3.05, 3.63) is 87.4 Å². The van der Waals surface area contributed by atoms with Crippen molar-refractivity contribution in [3.8, 4) is 0 Å². The molecule has 0 fully saturated rings. The van der Waals surface area contributed by atoms with Crippen LogP contribution in [0.15, 0.2) is 76.1 Å². The van der Waals surface area contributed by atoms with E-state index in [0.29, 0.717) is 11.4 Å². The van der Waals surface area contributed by atoms with Gasteiger partial charge in [-0.15, -0.1) is 0 Å². The van der Waals surface area contributed by atoms with Crippen molar-refractivity contribution < 1.29 is 13.2 Å². The smallest absolute Gasteiger partial charge is 0.263 e. The number of amides is 1. The van der Waals surface area contributed by atoms with Crippen LogP contribution in [-0.2, 0) is 10.0 Å². The van der Waals surface area contributed by atoms with Gasteiger partial charge in [-0.25, -0.2) is 8.42 Å². The summed E-state index contributed by atoms with van der Waals surface area (Å²) in [6.45, 7) is 1.86. The fourth-order valence-electron chi connectivity index (χ4n) is 2.54. The van der Waals surface area contributed by atoms with Crippen LogP contribution in [0.1, 0.15) is 15.9 Å². The number of carbonyl (C=O) groups is 1. The van der Waals surface area contributed by atoms with Crippen LogP contribution in [0.4, 0.5) is 11.4 Å². The molecule has 0 radical (unpaired) electrons. The molecule has 0 aliphatic carbocycles. The van der Waals surface area contributed by atoms with E-state index < -0.39 is 15.9 Å². The van der Waals surface area contributed by atoms with Crippen LogP contribution < -0.4 is 10.0 Å². The van der Waals surface area contributed by atoms with Gasteiger partial charge in [0.2, 0.25) is 0 Å². The lowest BCUT2D eigenvalue weighted by molar-refractivity contribution is 0.102. The predicted molar refractivity (Wildman–Crippen MR) is 116 cm³/mol. The Morgan fingerprint density at radius 3 is 2.39 bits per heavy atom. The number of hydrogen-bond donors (Lipinski definition) is 2. The molecular formula is C20H16BrClN2O3S. The maximum atomic E-state index is 12.8. The molecule has 0 aliphatic rings. The molecule has 0 atom stereocenters. The molecule has 0 aromatic heterocycles. The van der Waals surface area contributed by atoms with E-state index in [2.05, 4.69) is 26.0 Å². The molecule has 0 spiro atoms. The molecule has 1 amide bonds. The van der Waals surface area contributed by atoms with E-state index in [4.69, 9.17) is 11.6 Å². The Kier molecular flexibility index (Phi) is 6.07. The summed E-state index contributed by atoms with van der Waals surface area (Å²) in [5.41, 5.74) is 2.08. The number of nitrogens with one attached hydrogen (secondary N) is 2. The van der Waals surface area contributed by atoms with Crippen molar-refractivity contribution in [2.45, 2.75) is 11.8 Å². The number of benzene rings is 3. The highest BCUT2D eigenvalue weighted by Gasteiger charge is 2.20. The van der Waals surface area contributed by atoms with Gasteiger partial charge in [0.05, 0.1) is 5.02 Å². The Bertz CT molecular complexity index is 1150. The molecule has 144 valence electrons. The standard InChI is InChI=1S/C20H16BrClN2O3S/c1-13-4-2-7-17(10-13)24-28(26,27)19-11-14(8-9-18(19)22)20(25)23-16-6-3-5-15(21)12-16/h2-12,24H,1H3,(H,23,25). The molecule has 3 aromatic carbocycles. The minimum Gasteiger partial charge on any atom is -0.322 e. The molecule has 0 unspecified atom stereocenters. The molecular weight excluding hydrogens is 464 g/mol. The third kappa shape index (κ3) is 4.92. The number of rotatable bonds is 5. The quantitative estimate of drug-likeness (QED) is 0.510. The Balaban J connectivity index is 1.89. The van der Waals surface area contributed by atoms with Gasteiger partial charge in [-0.1, -0.05) is 45.7 Å². The maximum absolute atomic E-state index is 12.8. The number of sulfonamides is 1. The van der Waals surface area contributed by atoms with Crippen molar-refractivity contribution in [1.29, 1.82) is 0 Å². The van der Waals surface area contributed by atoms with Gasteiger partial charge in [0.15, 0.2) is 0 Å². The zero-order chi connectivity index (χ0) is 20.3. The molecule has 0 heterocycles. The first-order chi connectivity index (χ1) is 13.2. The lowest BCUT2D eigenvalue weighted by atomic mass is 10.2. The monoisotopic (exact) mass is 478 g/mol. The van der Waals surface area contributed by atoms with E-state index in [9.17, 15) is 13.2 Å². The first kappa shape index (κ1) is 20.4. The highest BCUT2D eigenvalue weighted by molar-refractivity contribution is 9.10. The van der Waals surface area contributed by atoms with Crippen molar-refractivity contribution >= 4 is 54.8 Å². The Morgan fingerprint density at radius 2 is 1.68 bits per heavy atom. The van der Waals surface area contributed by atoms with Crippen LogP contribution in [-0.4, -0.2) is 14.3 Å². The highest BCUT2D eigenvalue weighted by atomic mass is 79.9. The molecule has 3 rings (SSSR count). The maximum Gasteiger partial charge on any atom is 0.263 e. The van der Waals surface area contributed by atoms with E-state index in [1.807, 2.05) is 19.1 Å². The summed E-state index contributed by atoms with van der Waals surface area (Å²) < 4.78 is 28.9. The van der Waals surface area contributed by atoms with Crippen molar-refractivity contribution in [2.24, 2.45) is 0 Å². The summed E-state index contributed by atoms with van der Waals surface area (Å²) >= 11 is 9.44. The third-order valence-electron chi connectivity index (χ3n) is 3.84. The van der Waals surface area contributed by atoms with Gasteiger partial charge >= 0.3 is 0 Å². The SMILES string of the molecule is Cc1cccc(NS(=O)(=O)c2cc(C(=O)Nc3cccc(Br)c3)ccc2Cl)c1. The van der Waals surface area contributed by atoms with Gasteiger partial charge in [-0.2, -0.15) is 0 Å². The number of carbonyl (C=O) groups excluding carboxylic acids is 1. The lowest BCUT2D eigenvalue weighted by Gasteiger charge is -2.12. The lowest BCUT2D eigenvalue weighted by Crippen LogP contribution is -2.16. The molecule has 28 heavy (non-hydrogen) atoms. The fraction of sp³-hybridized carbons (Fsp3) is 0.0500. The summed E-state index contributed by atoms with van der Waals surface area (Å²) in [5.74, 6) is -0.443. The van der Waals surface area contributed by atoms with Gasteiger partial charge < -0.3 is 5.32 Å². The average Bonchev–Trinajstić information content (AvgIpc) is 2.61. The van der Waals surface area contributed by atoms with Crippen molar-refractivity contribution in [3.63, 3.8) is 0 Å². The fourth-order valence-corrected chi connectivity index (χ4v) is 4.51. The van der Waals surface area contributed by atoms with Crippen LogP contribution in [0.5, 0.6) is 0 Å². The zero-order valence-electron chi connectivity index (χ0n) is 14.7. The van der Waals surface area contributed by atoms with E-state index in [1.165, 1.54) is 18.2 Å². The third-order valence-corrected chi connectivity index (χ3v) is 6.19. The second-order valence-corrected chi connectivity index (χ2v) is 9.06. The minimum atomic E-state index is -3.97. The minimum absolute atomic E-state index is 0.0270. The Morgan fingerprint density at radius 1 is 0.964 bits per heavy atom. The van der Waals surface area contributed by atoms with Crippen molar-refractivity contribution in [1.82, 2.24) is 0 Å². The summed E-state index contributed by atoms with van der Waals surface area (Å²) in [6.07, 6.45) is 0. The second-order valence-electron chi connectivity index (χ2n) is 6.08. The van der Waals surface area contributed by atoms with E-state index in [-0.39, 0.29) is 15.5 Å². The van der Waals surface area contributed by atoms with E-state index in [1.54, 1.807) is 36.4 Å². The number of halogens is 2. The van der Waals surface area contributed by atoms with E-state index >= 15 is 0 Å². The molecule has 0 saturated carbocycles. The second kappa shape index (κ2) is 8.34. The van der Waals surface area contributed by atoms with Gasteiger partial charge in [-0.3, -0.25) is 9.52 Å². The first-order valence-electron chi connectivity index (χ1n) is 8.20. The Hall–Kier alpha value is -2.35. The zero-order valence-corrected chi connectivity index (χ0v) is 17.9. The molecule has 8 heteroatoms. The van der Waals surface area contributed by atoms with Crippen LogP contribution in [0.3, 0.4) is 0 Å². The Labute approximate surface area is 176 Å². The van der Waals surface area contributed by atoms with Crippen LogP contribution in [0, 0.1) is 6.92 Å². The largest absolute Gasteiger partial charge is 0.322 e. The van der Waals surface area contributed by atoms with Crippen molar-refractivity contribution in [2.75, 3.05) is 10.0 Å². The van der Waals surface area contributed by atoms with Gasteiger partial charge in [0.1, 0.15) is 4.90 Å². The molecule has 0 aliphatic heterocycles. The summed E-state index contributed by atoms with van der Waals surface area (Å²) in [5, 5.41) is 2.75. The molecule has 2 N–H and O–H groups in total. The molecule has 0 bridgehead atoms. The summed E-state index contributed by atoms with van der Waals surface area (Å²) in [4.78, 5) is 12.4. The van der Waals surface area contributed by atoms with Crippen LogP contribution in [0.2, 0.25) is 5.02 Å². The first-order valence-corrected chi connectivity index (χ1v) is 10.9. The number of aryl methyl sites for hydroxylation is 1. The number of anilines is 2. The molecule has 0 saturated heterocycles. The van der Waals surface area contributed by atoms with Gasteiger partial charge in [0, 0.05) is 21.4 Å². The summed E-state index contributed by atoms with van der Waals surface area (Å²) in [7, 11) is -3.97.